The van der Waals surface area contributed by atoms with Crippen molar-refractivity contribution in [3.63, 3.8) is 0 Å². The number of aryl methyl sites for hydroxylation is 1. The molecule has 0 unspecified atom stereocenters. The smallest absolute Gasteiger partial charge is 0.236 e. The van der Waals surface area contributed by atoms with Crippen LogP contribution in [-0.2, 0) is 18.3 Å². The Balaban J connectivity index is 1.33. The van der Waals surface area contributed by atoms with E-state index in [0.29, 0.717) is 18.4 Å². The summed E-state index contributed by atoms with van der Waals surface area (Å²) in [6.45, 7) is 6.57. The molecule has 0 aromatic carbocycles. The normalized spacial score (nSPS) is 20.8. The lowest BCUT2D eigenvalue weighted by Gasteiger charge is -2.35. The van der Waals surface area contributed by atoms with Gasteiger partial charge in [-0.15, -0.1) is 0 Å². The van der Waals surface area contributed by atoms with Gasteiger partial charge in [0.25, 0.3) is 0 Å². The number of piperidine rings is 2. The van der Waals surface area contributed by atoms with Crippen LogP contribution in [0.3, 0.4) is 0 Å². The first-order valence-corrected chi connectivity index (χ1v) is 11.0. The fourth-order valence-electron chi connectivity index (χ4n) is 4.64. The van der Waals surface area contributed by atoms with Gasteiger partial charge in [-0.2, -0.15) is 0 Å². The molecule has 2 fully saturated rings. The highest BCUT2D eigenvalue weighted by Gasteiger charge is 2.25. The van der Waals surface area contributed by atoms with E-state index in [4.69, 9.17) is 0 Å². The van der Waals surface area contributed by atoms with Crippen LogP contribution in [0.1, 0.15) is 43.5 Å². The van der Waals surface area contributed by atoms with E-state index in [9.17, 15) is 4.79 Å². The summed E-state index contributed by atoms with van der Waals surface area (Å²) in [4.78, 5) is 26.2. The van der Waals surface area contributed by atoms with Gasteiger partial charge in [-0.25, -0.2) is 4.98 Å². The van der Waals surface area contributed by atoms with Crippen molar-refractivity contribution in [2.24, 2.45) is 13.0 Å². The summed E-state index contributed by atoms with van der Waals surface area (Å²) in [6, 6.07) is 4.27. The van der Waals surface area contributed by atoms with Gasteiger partial charge >= 0.3 is 0 Å². The van der Waals surface area contributed by atoms with Crippen molar-refractivity contribution < 1.29 is 4.79 Å². The molecule has 0 spiro atoms. The van der Waals surface area contributed by atoms with Gasteiger partial charge in [-0.05, 0) is 69.7 Å². The van der Waals surface area contributed by atoms with Crippen LogP contribution in [0, 0.1) is 12.8 Å². The van der Waals surface area contributed by atoms with Crippen molar-refractivity contribution in [1.29, 1.82) is 0 Å². The van der Waals surface area contributed by atoms with Crippen molar-refractivity contribution in [2.75, 3.05) is 32.7 Å². The Labute approximate surface area is 173 Å². The Kier molecular flexibility index (Phi) is 6.28. The summed E-state index contributed by atoms with van der Waals surface area (Å²) in [7, 11) is 2.02. The van der Waals surface area contributed by atoms with Crippen LogP contribution in [0.15, 0.2) is 24.5 Å². The van der Waals surface area contributed by atoms with E-state index in [1.807, 2.05) is 26.4 Å². The van der Waals surface area contributed by atoms with Crippen molar-refractivity contribution >= 4 is 5.91 Å². The molecule has 1 amide bonds. The Morgan fingerprint density at radius 1 is 1.07 bits per heavy atom. The third kappa shape index (κ3) is 4.86. The topological polar surface area (TPSA) is 54.3 Å². The summed E-state index contributed by atoms with van der Waals surface area (Å²) in [5, 5.41) is 0. The molecule has 156 valence electrons. The second kappa shape index (κ2) is 9.08. The van der Waals surface area contributed by atoms with Crippen LogP contribution in [0.2, 0.25) is 0 Å². The second-order valence-electron chi connectivity index (χ2n) is 8.69. The lowest BCUT2D eigenvalue weighted by Crippen LogP contribution is -2.46. The number of nitrogens with zero attached hydrogens (tertiary/aromatic N) is 5. The number of hydrogen-bond donors (Lipinski definition) is 0. The first kappa shape index (κ1) is 20.1. The molecule has 0 aliphatic carbocycles. The van der Waals surface area contributed by atoms with E-state index in [-0.39, 0.29) is 0 Å². The zero-order valence-electron chi connectivity index (χ0n) is 17.8. The molecule has 6 nitrogen and oxygen atoms in total. The minimum absolute atomic E-state index is 0.316. The van der Waals surface area contributed by atoms with Gasteiger partial charge in [-0.3, -0.25) is 14.7 Å². The molecule has 0 N–H and O–H groups in total. The van der Waals surface area contributed by atoms with Crippen LogP contribution in [-0.4, -0.2) is 63.0 Å². The molecule has 6 heteroatoms. The Hall–Kier alpha value is -2.21. The molecular weight excluding hydrogens is 362 g/mol. The molecule has 0 saturated carbocycles. The second-order valence-corrected chi connectivity index (χ2v) is 8.69. The maximum Gasteiger partial charge on any atom is 0.236 e. The number of carbonyl (C=O) groups excluding carboxylic acids is 1. The highest BCUT2D eigenvalue weighted by Crippen LogP contribution is 2.23. The number of amides is 1. The number of imidazole rings is 1. The highest BCUT2D eigenvalue weighted by molar-refractivity contribution is 5.78. The van der Waals surface area contributed by atoms with E-state index in [0.717, 1.165) is 56.2 Å². The van der Waals surface area contributed by atoms with E-state index in [1.165, 1.54) is 31.2 Å². The fourth-order valence-corrected chi connectivity index (χ4v) is 4.64. The highest BCUT2D eigenvalue weighted by atomic mass is 16.2. The molecule has 4 rings (SSSR count). The lowest BCUT2D eigenvalue weighted by molar-refractivity contribution is -0.134. The molecule has 2 aliphatic heterocycles. The van der Waals surface area contributed by atoms with E-state index in [1.54, 1.807) is 0 Å². The Morgan fingerprint density at radius 2 is 1.90 bits per heavy atom. The summed E-state index contributed by atoms with van der Waals surface area (Å²) in [5.41, 5.74) is 3.25. The van der Waals surface area contributed by atoms with Gasteiger partial charge in [0.05, 0.1) is 24.1 Å². The molecule has 29 heavy (non-hydrogen) atoms. The van der Waals surface area contributed by atoms with Crippen LogP contribution in [0.5, 0.6) is 0 Å². The predicted molar refractivity (Wildman–Crippen MR) is 114 cm³/mol. The van der Waals surface area contributed by atoms with Gasteiger partial charge in [0.15, 0.2) is 0 Å². The molecule has 2 aromatic heterocycles. The summed E-state index contributed by atoms with van der Waals surface area (Å²) < 4.78 is 2.06. The molecule has 0 radical (unpaired) electrons. The van der Waals surface area contributed by atoms with Gasteiger partial charge in [0.2, 0.25) is 5.91 Å². The van der Waals surface area contributed by atoms with Gasteiger partial charge in [0.1, 0.15) is 5.82 Å². The minimum Gasteiger partial charge on any atom is -0.341 e. The first-order valence-electron chi connectivity index (χ1n) is 11.0. The van der Waals surface area contributed by atoms with Crippen LogP contribution < -0.4 is 0 Å². The monoisotopic (exact) mass is 395 g/mol. The molecule has 2 aromatic rings. The summed E-state index contributed by atoms with van der Waals surface area (Å²) >= 11 is 0. The molecule has 0 bridgehead atoms. The van der Waals surface area contributed by atoms with Crippen molar-refractivity contribution in [3.05, 3.63) is 35.9 Å². The fraction of sp³-hybridized carbons (Fsp3) is 0.609. The molecule has 2 aliphatic rings. The first-order chi connectivity index (χ1) is 14.1. The Bertz CT molecular complexity index is 822. The van der Waals surface area contributed by atoms with E-state index < -0.39 is 0 Å². The molecule has 4 heterocycles. The standard InChI is InChI=1S/C23H33N5O/c1-18-24-15-22(26(18)2)21-9-8-19(14-25-21)13-20-7-6-12-28(16-20)23(29)17-27-10-4-3-5-11-27/h8-9,14-15,20H,3-7,10-13,16-17H2,1-2H3/t20-/m0/s1. The van der Waals surface area contributed by atoms with Crippen LogP contribution in [0.25, 0.3) is 11.4 Å². The number of rotatable bonds is 5. The minimum atomic E-state index is 0.316. The van der Waals surface area contributed by atoms with Crippen molar-refractivity contribution in [3.8, 4) is 11.4 Å². The zero-order chi connectivity index (χ0) is 20.2. The number of pyridine rings is 1. The Morgan fingerprint density at radius 3 is 2.59 bits per heavy atom. The zero-order valence-corrected chi connectivity index (χ0v) is 17.8. The largest absolute Gasteiger partial charge is 0.341 e. The summed E-state index contributed by atoms with van der Waals surface area (Å²) in [5.74, 6) is 1.83. The number of likely N-dealkylation sites (tertiary alicyclic amines) is 2. The van der Waals surface area contributed by atoms with Crippen LogP contribution >= 0.6 is 0 Å². The quantitative estimate of drug-likeness (QED) is 0.781. The summed E-state index contributed by atoms with van der Waals surface area (Å²) in [6.07, 6.45) is 10.9. The lowest BCUT2D eigenvalue weighted by atomic mass is 9.91. The molecule has 2 saturated heterocycles. The van der Waals surface area contributed by atoms with Gasteiger partial charge in [0, 0.05) is 26.3 Å². The van der Waals surface area contributed by atoms with Gasteiger partial charge < -0.3 is 9.47 Å². The predicted octanol–water partition coefficient (Wildman–Crippen LogP) is 3.06. The van der Waals surface area contributed by atoms with E-state index >= 15 is 0 Å². The van der Waals surface area contributed by atoms with Gasteiger partial charge in [-0.1, -0.05) is 12.5 Å². The van der Waals surface area contributed by atoms with Crippen molar-refractivity contribution in [2.45, 2.75) is 45.4 Å². The number of aromatic nitrogens is 3. The van der Waals surface area contributed by atoms with E-state index in [2.05, 4.69) is 36.5 Å². The molecular formula is C23H33N5O. The van der Waals surface area contributed by atoms with Crippen LogP contribution in [0.4, 0.5) is 0 Å². The SMILES string of the molecule is Cc1ncc(-c2ccc(C[C@@H]3CCCN(C(=O)CN4CCCCC4)C3)cn2)n1C. The third-order valence-electron chi connectivity index (χ3n) is 6.51. The third-order valence-corrected chi connectivity index (χ3v) is 6.51. The number of carbonyl (C=O) groups is 1. The number of hydrogen-bond acceptors (Lipinski definition) is 4. The maximum absolute atomic E-state index is 12.8. The average Bonchev–Trinajstić information content (AvgIpc) is 3.08. The van der Waals surface area contributed by atoms with Crippen molar-refractivity contribution in [1.82, 2.24) is 24.3 Å². The molecule has 1 atom stereocenters. The maximum atomic E-state index is 12.8. The average molecular weight is 396 g/mol.